The number of nitrogens with zero attached hydrogens (tertiary/aromatic N) is 1. The number of dihydropyridines is 1. The summed E-state index contributed by atoms with van der Waals surface area (Å²) in [6, 6.07) is 6.83. The Morgan fingerprint density at radius 1 is 0.872 bits per heavy atom. The van der Waals surface area contributed by atoms with E-state index in [1.807, 2.05) is 5.32 Å². The molecule has 0 spiro atoms. The predicted octanol–water partition coefficient (Wildman–Crippen LogP) is 5.69. The molecule has 2 aromatic carbocycles. The molecule has 47 heavy (non-hydrogen) atoms. The van der Waals surface area contributed by atoms with E-state index in [4.69, 9.17) is 25.8 Å². The Morgan fingerprint density at radius 3 is 1.94 bits per heavy atom. The topological polar surface area (TPSA) is 111 Å². The molecule has 1 atom stereocenters. The molecule has 17 heteroatoms. The van der Waals surface area contributed by atoms with Crippen LogP contribution in [0, 0.1) is 5.82 Å². The van der Waals surface area contributed by atoms with Crippen LogP contribution < -0.4 is 5.32 Å². The van der Waals surface area contributed by atoms with Crippen molar-refractivity contribution in [2.45, 2.75) is 32.1 Å². The molecule has 4 rings (SSSR count). The number of esters is 2. The van der Waals surface area contributed by atoms with Crippen LogP contribution in [0.4, 0.5) is 30.7 Å². The Hall–Kier alpha value is -4.44. The number of fused-ring (bicyclic) bond motifs is 1. The lowest BCUT2D eigenvalue weighted by atomic mass is 9.77. The Kier molecular flexibility index (Phi) is 10.3. The molecule has 2 aliphatic rings. The summed E-state index contributed by atoms with van der Waals surface area (Å²) >= 11 is 5.79. The molecule has 1 N–H and O–H groups in total. The molecule has 2 heterocycles. The Balaban J connectivity index is 1.85. The SMILES string of the molecule is CCOC(=O)C1=C(COCCN2C(=O)c3ccccc3C2=O)NC(C(F)(F)F)=C(C(=O)OCC)C1c1c(F)ccc(Cl)c1C(F)(F)F. The van der Waals surface area contributed by atoms with E-state index in [0.717, 1.165) is 4.90 Å². The maximum Gasteiger partial charge on any atom is 0.431 e. The number of carbonyl (C=O) groups excluding carboxylic acids is 4. The van der Waals surface area contributed by atoms with Crippen LogP contribution in [0.2, 0.25) is 5.02 Å². The lowest BCUT2D eigenvalue weighted by Crippen LogP contribution is -2.41. The number of amides is 2. The zero-order valence-corrected chi connectivity index (χ0v) is 25.2. The van der Waals surface area contributed by atoms with E-state index in [2.05, 4.69) is 0 Å². The van der Waals surface area contributed by atoms with Crippen LogP contribution in [0.3, 0.4) is 0 Å². The summed E-state index contributed by atoms with van der Waals surface area (Å²) in [6.07, 6.45) is -11.0. The lowest BCUT2D eigenvalue weighted by molar-refractivity contribution is -0.143. The molecule has 9 nitrogen and oxygen atoms in total. The molecule has 0 fully saturated rings. The summed E-state index contributed by atoms with van der Waals surface area (Å²) < 4.78 is 117. The number of halogens is 8. The minimum atomic E-state index is -5.50. The highest BCUT2D eigenvalue weighted by Gasteiger charge is 2.51. The van der Waals surface area contributed by atoms with Crippen molar-refractivity contribution >= 4 is 35.4 Å². The maximum atomic E-state index is 15.5. The normalized spacial score (nSPS) is 16.8. The van der Waals surface area contributed by atoms with Crippen LogP contribution in [-0.2, 0) is 30.0 Å². The predicted molar refractivity (Wildman–Crippen MR) is 148 cm³/mol. The lowest BCUT2D eigenvalue weighted by Gasteiger charge is -2.34. The smallest absolute Gasteiger partial charge is 0.431 e. The molecule has 2 amide bonds. The standard InChI is InChI=1S/C30H24ClF7N2O7/c1-3-46-27(43)20-18(13-45-12-11-40-25(41)14-7-5-6-8-15(14)26(40)42)39-24(30(36,37)38)22(28(44)47-4-2)21(20)19-17(32)10-9-16(31)23(19)29(33,34)35/h5-10,21,39H,3-4,11-13H2,1-2H3. The van der Waals surface area contributed by atoms with Gasteiger partial charge in [0.05, 0.1) is 77.4 Å². The van der Waals surface area contributed by atoms with E-state index in [1.165, 1.54) is 38.1 Å². The molecule has 0 radical (unpaired) electrons. The van der Waals surface area contributed by atoms with Gasteiger partial charge in [-0.1, -0.05) is 23.7 Å². The van der Waals surface area contributed by atoms with Gasteiger partial charge in [0.25, 0.3) is 11.8 Å². The number of benzene rings is 2. The van der Waals surface area contributed by atoms with E-state index in [9.17, 15) is 45.5 Å². The Morgan fingerprint density at radius 2 is 1.43 bits per heavy atom. The van der Waals surface area contributed by atoms with Crippen molar-refractivity contribution < 1.29 is 64.1 Å². The van der Waals surface area contributed by atoms with Crippen LogP contribution in [0.15, 0.2) is 58.9 Å². The molecule has 0 aromatic heterocycles. The third kappa shape index (κ3) is 6.98. The van der Waals surface area contributed by atoms with Crippen LogP contribution in [-0.4, -0.2) is 67.8 Å². The van der Waals surface area contributed by atoms with Gasteiger partial charge in [-0.3, -0.25) is 14.5 Å². The average Bonchev–Trinajstić information content (AvgIpc) is 3.23. The van der Waals surface area contributed by atoms with E-state index < -0.39 is 120 Å². The highest BCUT2D eigenvalue weighted by atomic mass is 35.5. The molecule has 0 saturated carbocycles. The minimum Gasteiger partial charge on any atom is -0.463 e. The van der Waals surface area contributed by atoms with Crippen LogP contribution >= 0.6 is 11.6 Å². The quantitative estimate of drug-likeness (QED) is 0.146. The third-order valence-corrected chi connectivity index (χ3v) is 7.33. The molecule has 2 aliphatic heterocycles. The van der Waals surface area contributed by atoms with Gasteiger partial charge in [0.15, 0.2) is 0 Å². The van der Waals surface area contributed by atoms with Crippen molar-refractivity contribution in [2.24, 2.45) is 0 Å². The summed E-state index contributed by atoms with van der Waals surface area (Å²) in [5.74, 6) is -9.12. The van der Waals surface area contributed by atoms with E-state index >= 15 is 4.39 Å². The van der Waals surface area contributed by atoms with E-state index in [1.54, 1.807) is 0 Å². The molecule has 0 aliphatic carbocycles. The van der Waals surface area contributed by atoms with E-state index in [-0.39, 0.29) is 11.1 Å². The van der Waals surface area contributed by atoms with Gasteiger partial charge < -0.3 is 19.5 Å². The van der Waals surface area contributed by atoms with Gasteiger partial charge in [0, 0.05) is 5.56 Å². The van der Waals surface area contributed by atoms with Gasteiger partial charge in [-0.15, -0.1) is 0 Å². The first-order valence-electron chi connectivity index (χ1n) is 13.8. The molecular weight excluding hydrogens is 669 g/mol. The van der Waals surface area contributed by atoms with Crippen molar-refractivity contribution in [1.29, 1.82) is 0 Å². The zero-order valence-electron chi connectivity index (χ0n) is 24.4. The number of imide groups is 1. The fourth-order valence-corrected chi connectivity index (χ4v) is 5.44. The van der Waals surface area contributed by atoms with Gasteiger partial charge in [0.2, 0.25) is 0 Å². The molecule has 0 saturated heterocycles. The summed E-state index contributed by atoms with van der Waals surface area (Å²) in [5.41, 5.74) is -8.69. The fourth-order valence-electron chi connectivity index (χ4n) is 5.16. The van der Waals surface area contributed by atoms with Crippen molar-refractivity contribution in [3.05, 3.63) is 92.0 Å². The van der Waals surface area contributed by atoms with Gasteiger partial charge in [-0.2, -0.15) is 26.3 Å². The number of hydrogen-bond acceptors (Lipinski definition) is 8. The van der Waals surface area contributed by atoms with Gasteiger partial charge >= 0.3 is 24.3 Å². The van der Waals surface area contributed by atoms with Gasteiger partial charge in [-0.25, -0.2) is 14.0 Å². The first-order valence-corrected chi connectivity index (χ1v) is 14.2. The van der Waals surface area contributed by atoms with Crippen molar-refractivity contribution in [3.8, 4) is 0 Å². The number of nitrogens with one attached hydrogen (secondary N) is 1. The highest BCUT2D eigenvalue weighted by molar-refractivity contribution is 6.31. The maximum absolute atomic E-state index is 15.5. The number of alkyl halides is 6. The van der Waals surface area contributed by atoms with Crippen LogP contribution in [0.5, 0.6) is 0 Å². The minimum absolute atomic E-state index is 0.108. The number of allylic oxidation sites excluding steroid dienone is 1. The monoisotopic (exact) mass is 692 g/mol. The largest absolute Gasteiger partial charge is 0.463 e. The van der Waals surface area contributed by atoms with Gasteiger partial charge in [-0.05, 0) is 38.1 Å². The number of ether oxygens (including phenoxy) is 3. The first kappa shape index (κ1) is 35.4. The Labute approximate surface area is 266 Å². The Bertz CT molecular complexity index is 1650. The molecule has 252 valence electrons. The number of rotatable bonds is 10. The van der Waals surface area contributed by atoms with Crippen LogP contribution in [0.1, 0.15) is 51.6 Å². The number of hydrogen-bond donors (Lipinski definition) is 1. The molecular formula is C30H24ClF7N2O7. The molecule has 1 unspecified atom stereocenters. The van der Waals surface area contributed by atoms with Crippen molar-refractivity contribution in [2.75, 3.05) is 33.0 Å². The molecule has 0 bridgehead atoms. The molecule has 2 aromatic rings. The third-order valence-electron chi connectivity index (χ3n) is 7.02. The second-order valence-corrected chi connectivity index (χ2v) is 10.3. The van der Waals surface area contributed by atoms with Crippen LogP contribution in [0.25, 0.3) is 0 Å². The second-order valence-electron chi connectivity index (χ2n) is 9.85. The highest BCUT2D eigenvalue weighted by Crippen LogP contribution is 2.49. The number of carbonyl (C=O) groups is 4. The second kappa shape index (κ2) is 13.7. The fraction of sp³-hybridized carbons (Fsp3) is 0.333. The summed E-state index contributed by atoms with van der Waals surface area (Å²) in [5, 5.41) is 0.715. The summed E-state index contributed by atoms with van der Waals surface area (Å²) in [7, 11) is 0. The average molecular weight is 693 g/mol. The van der Waals surface area contributed by atoms with Crippen molar-refractivity contribution in [1.82, 2.24) is 10.2 Å². The summed E-state index contributed by atoms with van der Waals surface area (Å²) in [6.45, 7) is -0.414. The van der Waals surface area contributed by atoms with E-state index in [0.29, 0.717) is 12.1 Å². The van der Waals surface area contributed by atoms with Crippen molar-refractivity contribution in [3.63, 3.8) is 0 Å². The zero-order chi connectivity index (χ0) is 34.8. The summed E-state index contributed by atoms with van der Waals surface area (Å²) in [4.78, 5) is 52.5. The van der Waals surface area contributed by atoms with Gasteiger partial charge in [0.1, 0.15) is 11.5 Å². The first-order chi connectivity index (χ1) is 22.0.